The summed E-state index contributed by atoms with van der Waals surface area (Å²) >= 11 is 0. The van der Waals surface area contributed by atoms with E-state index in [1.54, 1.807) is 60.9 Å². The number of pyridine rings is 1. The molecule has 0 aliphatic carbocycles. The van der Waals surface area contributed by atoms with Crippen LogP contribution in [0.3, 0.4) is 0 Å². The minimum atomic E-state index is -0.391. The number of hydrogen-bond donors (Lipinski definition) is 2. The third-order valence-electron chi connectivity index (χ3n) is 3.86. The van der Waals surface area contributed by atoms with Gasteiger partial charge in [-0.3, -0.25) is 14.6 Å². The molecule has 1 heterocycles. The second kappa shape index (κ2) is 8.62. The van der Waals surface area contributed by atoms with E-state index in [9.17, 15) is 9.59 Å². The molecule has 27 heavy (non-hydrogen) atoms. The minimum absolute atomic E-state index is 0.176. The summed E-state index contributed by atoms with van der Waals surface area (Å²) in [6.07, 6.45) is 3.61. The van der Waals surface area contributed by atoms with Gasteiger partial charge in [0, 0.05) is 23.6 Å². The smallest absolute Gasteiger partial charge is 0.255 e. The number of anilines is 1. The van der Waals surface area contributed by atoms with E-state index in [0.29, 0.717) is 23.6 Å². The highest BCUT2D eigenvalue weighted by molar-refractivity contribution is 6.04. The molecule has 0 unspecified atom stereocenters. The van der Waals surface area contributed by atoms with Crippen molar-refractivity contribution in [2.24, 2.45) is 5.73 Å². The molecule has 0 spiro atoms. The zero-order chi connectivity index (χ0) is 19.1. The van der Waals surface area contributed by atoms with Crippen LogP contribution in [0.25, 0.3) is 0 Å². The van der Waals surface area contributed by atoms with Crippen LogP contribution in [0.4, 0.5) is 5.69 Å². The molecule has 0 atom stereocenters. The van der Waals surface area contributed by atoms with Gasteiger partial charge in [-0.15, -0.1) is 0 Å². The Morgan fingerprint density at radius 3 is 2.19 bits per heavy atom. The number of carbonyl (C=O) groups is 2. The van der Waals surface area contributed by atoms with Gasteiger partial charge in [0.25, 0.3) is 5.91 Å². The number of aromatic nitrogens is 1. The molecule has 6 nitrogen and oxygen atoms in total. The molecule has 0 radical (unpaired) electrons. The highest BCUT2D eigenvalue weighted by Crippen LogP contribution is 2.16. The van der Waals surface area contributed by atoms with Gasteiger partial charge >= 0.3 is 0 Å². The normalized spacial score (nSPS) is 10.2. The molecule has 0 fully saturated rings. The summed E-state index contributed by atoms with van der Waals surface area (Å²) in [4.78, 5) is 27.2. The van der Waals surface area contributed by atoms with E-state index < -0.39 is 5.91 Å². The monoisotopic (exact) mass is 361 g/mol. The first-order chi connectivity index (χ1) is 13.1. The lowest BCUT2D eigenvalue weighted by Crippen LogP contribution is -2.14. The molecule has 136 valence electrons. The van der Waals surface area contributed by atoms with Gasteiger partial charge in [0.15, 0.2) is 0 Å². The Bertz CT molecular complexity index is 908. The molecule has 3 aromatic rings. The van der Waals surface area contributed by atoms with Crippen LogP contribution in [0.2, 0.25) is 0 Å². The maximum Gasteiger partial charge on any atom is 0.255 e. The van der Waals surface area contributed by atoms with E-state index in [0.717, 1.165) is 11.1 Å². The molecule has 0 aliphatic rings. The van der Waals surface area contributed by atoms with Crippen molar-refractivity contribution >= 4 is 17.5 Å². The van der Waals surface area contributed by atoms with Crippen molar-refractivity contribution in [3.63, 3.8) is 0 Å². The van der Waals surface area contributed by atoms with Crippen LogP contribution >= 0.6 is 0 Å². The predicted octanol–water partition coefficient (Wildman–Crippen LogP) is 2.94. The van der Waals surface area contributed by atoms with Crippen molar-refractivity contribution in [3.8, 4) is 5.75 Å². The molecular formula is C21H19N3O3. The first-order valence-electron chi connectivity index (χ1n) is 8.40. The third-order valence-corrected chi connectivity index (χ3v) is 3.86. The van der Waals surface area contributed by atoms with E-state index >= 15 is 0 Å². The Hall–Kier alpha value is -3.67. The second-order valence-electron chi connectivity index (χ2n) is 5.96. The molecular weight excluding hydrogens is 342 g/mol. The number of nitrogens with two attached hydrogens (primary N) is 1. The van der Waals surface area contributed by atoms with Crippen molar-refractivity contribution in [2.45, 2.75) is 13.0 Å². The van der Waals surface area contributed by atoms with Gasteiger partial charge in [-0.1, -0.05) is 12.1 Å². The van der Waals surface area contributed by atoms with Crippen LogP contribution in [0.5, 0.6) is 5.75 Å². The Balaban J connectivity index is 1.56. The number of amides is 2. The molecule has 0 bridgehead atoms. The number of nitrogens with one attached hydrogen (secondary N) is 1. The minimum Gasteiger partial charge on any atom is -0.489 e. The van der Waals surface area contributed by atoms with Crippen molar-refractivity contribution in [1.82, 2.24) is 4.98 Å². The van der Waals surface area contributed by atoms with Crippen LogP contribution in [-0.4, -0.2) is 16.8 Å². The fourth-order valence-corrected chi connectivity index (χ4v) is 2.46. The summed E-state index contributed by atoms with van der Waals surface area (Å²) in [5, 5.41) is 2.81. The Labute approximate surface area is 157 Å². The molecule has 0 saturated carbocycles. The van der Waals surface area contributed by atoms with Crippen LogP contribution in [0.15, 0.2) is 73.1 Å². The maximum absolute atomic E-state index is 12.3. The van der Waals surface area contributed by atoms with E-state index in [1.807, 2.05) is 12.1 Å². The van der Waals surface area contributed by atoms with Gasteiger partial charge < -0.3 is 15.8 Å². The van der Waals surface area contributed by atoms with Crippen LogP contribution in [0.1, 0.15) is 21.5 Å². The lowest BCUT2D eigenvalue weighted by Gasteiger charge is -2.08. The van der Waals surface area contributed by atoms with E-state index in [4.69, 9.17) is 10.5 Å². The van der Waals surface area contributed by atoms with Crippen molar-refractivity contribution < 1.29 is 14.3 Å². The highest BCUT2D eigenvalue weighted by atomic mass is 16.5. The zero-order valence-corrected chi connectivity index (χ0v) is 14.6. The quantitative estimate of drug-likeness (QED) is 0.676. The van der Waals surface area contributed by atoms with Crippen LogP contribution in [-0.2, 0) is 17.8 Å². The first kappa shape index (κ1) is 18.1. The summed E-state index contributed by atoms with van der Waals surface area (Å²) in [6.45, 7) is 0.436. The second-order valence-corrected chi connectivity index (χ2v) is 5.96. The molecule has 2 aromatic carbocycles. The Morgan fingerprint density at radius 1 is 0.889 bits per heavy atom. The van der Waals surface area contributed by atoms with E-state index in [-0.39, 0.29) is 12.3 Å². The molecule has 6 heteroatoms. The average molecular weight is 361 g/mol. The largest absolute Gasteiger partial charge is 0.489 e. The molecule has 3 N–H and O–H groups in total. The van der Waals surface area contributed by atoms with Crippen molar-refractivity contribution in [2.75, 3.05) is 5.32 Å². The Morgan fingerprint density at radius 2 is 1.56 bits per heavy atom. The zero-order valence-electron chi connectivity index (χ0n) is 14.6. The molecule has 0 aliphatic heterocycles. The van der Waals surface area contributed by atoms with Gasteiger partial charge in [-0.2, -0.15) is 0 Å². The number of ether oxygens (including phenoxy) is 1. The lowest BCUT2D eigenvalue weighted by atomic mass is 10.1. The summed E-state index contributed by atoms with van der Waals surface area (Å²) in [6, 6.07) is 17.7. The first-order valence-corrected chi connectivity index (χ1v) is 8.40. The van der Waals surface area contributed by atoms with Crippen LogP contribution in [0, 0.1) is 0 Å². The summed E-state index contributed by atoms with van der Waals surface area (Å²) < 4.78 is 5.69. The fraction of sp³-hybridized carbons (Fsp3) is 0.0952. The SMILES string of the molecule is NC(=O)Cc1ccc(NC(=O)c2ccc(OCc3ccncc3)cc2)cc1. The fourth-order valence-electron chi connectivity index (χ4n) is 2.46. The molecule has 1 aromatic heterocycles. The highest BCUT2D eigenvalue weighted by Gasteiger charge is 2.07. The number of hydrogen-bond acceptors (Lipinski definition) is 4. The van der Waals surface area contributed by atoms with Gasteiger partial charge in [0.1, 0.15) is 12.4 Å². The van der Waals surface area contributed by atoms with E-state index in [2.05, 4.69) is 10.3 Å². The predicted molar refractivity (Wildman–Crippen MR) is 102 cm³/mol. The average Bonchev–Trinajstić information content (AvgIpc) is 2.69. The number of benzene rings is 2. The summed E-state index contributed by atoms with van der Waals surface area (Å²) in [5.74, 6) is 0.0653. The standard InChI is InChI=1S/C21H19N3O3/c22-20(25)13-15-1-5-18(6-2-15)24-21(26)17-3-7-19(8-4-17)27-14-16-9-11-23-12-10-16/h1-12H,13-14H2,(H2,22,25)(H,24,26). The van der Waals surface area contributed by atoms with Gasteiger partial charge in [0.2, 0.25) is 5.91 Å². The van der Waals surface area contributed by atoms with Crippen LogP contribution < -0.4 is 15.8 Å². The number of primary amides is 1. The van der Waals surface area contributed by atoms with Gasteiger partial charge in [0.05, 0.1) is 6.42 Å². The lowest BCUT2D eigenvalue weighted by molar-refractivity contribution is -0.117. The number of nitrogens with zero attached hydrogens (tertiary/aromatic N) is 1. The van der Waals surface area contributed by atoms with E-state index in [1.165, 1.54) is 0 Å². The summed E-state index contributed by atoms with van der Waals surface area (Å²) in [7, 11) is 0. The molecule has 0 saturated heterocycles. The van der Waals surface area contributed by atoms with Crippen molar-refractivity contribution in [3.05, 3.63) is 89.7 Å². The summed E-state index contributed by atoms with van der Waals surface area (Å²) in [5.41, 5.74) is 8.15. The Kier molecular flexibility index (Phi) is 5.79. The molecule has 3 rings (SSSR count). The van der Waals surface area contributed by atoms with Crippen molar-refractivity contribution in [1.29, 1.82) is 0 Å². The number of carbonyl (C=O) groups excluding carboxylic acids is 2. The van der Waals surface area contributed by atoms with Gasteiger partial charge in [-0.25, -0.2) is 0 Å². The van der Waals surface area contributed by atoms with Gasteiger partial charge in [-0.05, 0) is 59.7 Å². The molecule has 2 amide bonds. The third kappa shape index (κ3) is 5.40. The maximum atomic E-state index is 12.3. The number of rotatable bonds is 7. The topological polar surface area (TPSA) is 94.3 Å².